The van der Waals surface area contributed by atoms with Gasteiger partial charge in [0.1, 0.15) is 12.4 Å². The second kappa shape index (κ2) is 9.23. The van der Waals surface area contributed by atoms with E-state index in [1.807, 2.05) is 0 Å². The van der Waals surface area contributed by atoms with Crippen molar-refractivity contribution < 1.29 is 18.7 Å². The number of carbonyl (C=O) groups excluding carboxylic acids is 1. The van der Waals surface area contributed by atoms with E-state index in [1.54, 1.807) is 25.3 Å². The van der Waals surface area contributed by atoms with Crippen LogP contribution in [0.25, 0.3) is 0 Å². The summed E-state index contributed by atoms with van der Waals surface area (Å²) in [5.41, 5.74) is 0.941. The van der Waals surface area contributed by atoms with Crippen LogP contribution in [0.2, 0.25) is 10.0 Å². The second-order valence-electron chi connectivity index (χ2n) is 8.11. The van der Waals surface area contributed by atoms with Gasteiger partial charge >= 0.3 is 0 Å². The van der Waals surface area contributed by atoms with Gasteiger partial charge in [0.2, 0.25) is 0 Å². The van der Waals surface area contributed by atoms with E-state index in [9.17, 15) is 9.18 Å². The fraction of sp³-hybridized carbons (Fsp3) is 0.435. The van der Waals surface area contributed by atoms with Crippen molar-refractivity contribution in [1.82, 2.24) is 4.90 Å². The first-order valence-electron chi connectivity index (χ1n) is 10.4. The molecule has 2 aliphatic rings. The van der Waals surface area contributed by atoms with Crippen LogP contribution in [0, 0.1) is 11.7 Å². The Morgan fingerprint density at radius 1 is 1.13 bits per heavy atom. The number of anilines is 1. The van der Waals surface area contributed by atoms with Gasteiger partial charge in [-0.1, -0.05) is 30.1 Å². The summed E-state index contributed by atoms with van der Waals surface area (Å²) in [4.78, 5) is 16.8. The zero-order chi connectivity index (χ0) is 22.1. The van der Waals surface area contributed by atoms with Crippen LogP contribution in [0.3, 0.4) is 0 Å². The molecule has 31 heavy (non-hydrogen) atoms. The molecule has 4 rings (SSSR count). The van der Waals surface area contributed by atoms with Crippen LogP contribution in [0.4, 0.5) is 10.1 Å². The number of benzene rings is 2. The van der Waals surface area contributed by atoms with Crippen LogP contribution in [-0.4, -0.2) is 44.2 Å². The van der Waals surface area contributed by atoms with Gasteiger partial charge < -0.3 is 14.4 Å². The largest absolute Gasteiger partial charge is 0.493 e. The minimum Gasteiger partial charge on any atom is -0.493 e. The van der Waals surface area contributed by atoms with Gasteiger partial charge in [-0.3, -0.25) is 9.69 Å². The third kappa shape index (κ3) is 4.47. The van der Waals surface area contributed by atoms with E-state index in [4.69, 9.17) is 32.7 Å². The molecule has 2 aromatic rings. The number of nitrogens with zero attached hydrogens (tertiary/aromatic N) is 2. The highest BCUT2D eigenvalue weighted by atomic mass is 35.5. The molecule has 5 nitrogen and oxygen atoms in total. The molecule has 1 amide bonds. The zero-order valence-corrected chi connectivity index (χ0v) is 19.1. The standard InChI is InChI=1S/C23H25Cl2FN2O3/c1-14-5-7-27(8-6-14)9-10-31-20-11-15(3-4-19(20)30-2)28-13-16-21(23(28)29)17(24)12-18(25)22(16)26/h3-4,11-12,14H,5-10,13H2,1-2H3. The quantitative estimate of drug-likeness (QED) is 0.533. The van der Waals surface area contributed by atoms with Gasteiger partial charge in [0.25, 0.3) is 5.91 Å². The summed E-state index contributed by atoms with van der Waals surface area (Å²) >= 11 is 12.1. The number of hydrogen-bond donors (Lipinski definition) is 0. The highest BCUT2D eigenvalue weighted by molar-refractivity contribution is 6.38. The molecule has 0 N–H and O–H groups in total. The Bertz CT molecular complexity index is 993. The first kappa shape index (κ1) is 22.2. The number of halogens is 3. The van der Waals surface area contributed by atoms with E-state index in [0.717, 1.165) is 25.6 Å². The second-order valence-corrected chi connectivity index (χ2v) is 8.92. The van der Waals surface area contributed by atoms with Gasteiger partial charge in [-0.25, -0.2) is 4.39 Å². The fourth-order valence-corrected chi connectivity index (χ4v) is 4.70. The Balaban J connectivity index is 1.50. The number of rotatable bonds is 6. The zero-order valence-electron chi connectivity index (χ0n) is 17.6. The van der Waals surface area contributed by atoms with Crippen molar-refractivity contribution in [2.75, 3.05) is 38.3 Å². The van der Waals surface area contributed by atoms with E-state index < -0.39 is 5.82 Å². The third-order valence-electron chi connectivity index (χ3n) is 6.04. The molecule has 0 radical (unpaired) electrons. The Kier molecular flexibility index (Phi) is 6.60. The van der Waals surface area contributed by atoms with Gasteiger partial charge in [-0.2, -0.15) is 0 Å². The molecule has 0 spiro atoms. The Morgan fingerprint density at radius 2 is 1.87 bits per heavy atom. The van der Waals surface area contributed by atoms with Crippen LogP contribution < -0.4 is 14.4 Å². The maximum atomic E-state index is 14.5. The molecular formula is C23H25Cl2FN2O3. The lowest BCUT2D eigenvalue weighted by atomic mass is 9.99. The minimum absolute atomic E-state index is 0.0536. The molecule has 1 fully saturated rings. The lowest BCUT2D eigenvalue weighted by Crippen LogP contribution is -2.35. The van der Waals surface area contributed by atoms with Gasteiger partial charge in [-0.05, 0) is 50.0 Å². The summed E-state index contributed by atoms with van der Waals surface area (Å²) in [7, 11) is 1.57. The van der Waals surface area contributed by atoms with Gasteiger partial charge in [0, 0.05) is 23.9 Å². The monoisotopic (exact) mass is 466 g/mol. The third-order valence-corrected chi connectivity index (χ3v) is 6.62. The topological polar surface area (TPSA) is 42.0 Å². The molecule has 1 saturated heterocycles. The smallest absolute Gasteiger partial charge is 0.260 e. The molecule has 166 valence electrons. The molecule has 0 saturated carbocycles. The number of methoxy groups -OCH3 is 1. The van der Waals surface area contributed by atoms with Gasteiger partial charge in [0.05, 0.1) is 29.3 Å². The molecule has 2 heterocycles. The van der Waals surface area contributed by atoms with E-state index in [0.29, 0.717) is 23.8 Å². The van der Waals surface area contributed by atoms with E-state index in [2.05, 4.69) is 11.8 Å². The SMILES string of the molecule is COc1ccc(N2Cc3c(F)c(Cl)cc(Cl)c3C2=O)cc1OCCN1CCC(C)CC1. The number of fused-ring (bicyclic) bond motifs is 1. The van der Waals surface area contributed by atoms with Crippen LogP contribution in [0.15, 0.2) is 24.3 Å². The van der Waals surface area contributed by atoms with E-state index in [-0.39, 0.29) is 33.6 Å². The first-order valence-corrected chi connectivity index (χ1v) is 11.2. The van der Waals surface area contributed by atoms with E-state index in [1.165, 1.54) is 23.8 Å². The van der Waals surface area contributed by atoms with Crippen molar-refractivity contribution in [2.45, 2.75) is 26.3 Å². The van der Waals surface area contributed by atoms with Crippen LogP contribution in [0.5, 0.6) is 11.5 Å². The van der Waals surface area contributed by atoms with Crippen LogP contribution in [-0.2, 0) is 6.54 Å². The van der Waals surface area contributed by atoms with Crippen molar-refractivity contribution in [1.29, 1.82) is 0 Å². The number of piperidine rings is 1. The van der Waals surface area contributed by atoms with Crippen molar-refractivity contribution in [3.8, 4) is 11.5 Å². The Morgan fingerprint density at radius 3 is 2.58 bits per heavy atom. The Labute approximate surface area is 191 Å². The average molecular weight is 467 g/mol. The van der Waals surface area contributed by atoms with Crippen molar-refractivity contribution >= 4 is 34.8 Å². The van der Waals surface area contributed by atoms with Crippen molar-refractivity contribution in [3.05, 3.63) is 51.3 Å². The Hall–Kier alpha value is -2.02. The average Bonchev–Trinajstić information content (AvgIpc) is 3.11. The fourth-order valence-electron chi connectivity index (χ4n) is 4.11. The van der Waals surface area contributed by atoms with Crippen LogP contribution >= 0.6 is 23.2 Å². The summed E-state index contributed by atoms with van der Waals surface area (Å²) in [5.74, 6) is 0.919. The number of hydrogen-bond acceptors (Lipinski definition) is 4. The summed E-state index contributed by atoms with van der Waals surface area (Å²) in [6.07, 6.45) is 2.42. The molecule has 2 aromatic carbocycles. The lowest BCUT2D eigenvalue weighted by Gasteiger charge is -2.30. The number of carbonyl (C=O) groups is 1. The summed E-state index contributed by atoms with van der Waals surface area (Å²) in [6.45, 7) is 5.84. The van der Waals surface area contributed by atoms with Gasteiger partial charge in [0.15, 0.2) is 11.5 Å². The summed E-state index contributed by atoms with van der Waals surface area (Å²) in [6, 6.07) is 6.50. The summed E-state index contributed by atoms with van der Waals surface area (Å²) < 4.78 is 25.9. The highest BCUT2D eigenvalue weighted by Crippen LogP contribution is 2.39. The molecule has 2 aliphatic heterocycles. The lowest BCUT2D eigenvalue weighted by molar-refractivity contribution is 0.0996. The van der Waals surface area contributed by atoms with Gasteiger partial charge in [-0.15, -0.1) is 0 Å². The van der Waals surface area contributed by atoms with Crippen LogP contribution in [0.1, 0.15) is 35.7 Å². The number of likely N-dealkylation sites (tertiary alicyclic amines) is 1. The number of ether oxygens (including phenoxy) is 2. The maximum Gasteiger partial charge on any atom is 0.260 e. The van der Waals surface area contributed by atoms with Crippen molar-refractivity contribution in [2.24, 2.45) is 5.92 Å². The normalized spacial score (nSPS) is 17.2. The molecule has 0 aromatic heterocycles. The molecule has 0 atom stereocenters. The predicted molar refractivity (Wildman–Crippen MR) is 120 cm³/mol. The molecular weight excluding hydrogens is 442 g/mol. The summed E-state index contributed by atoms with van der Waals surface area (Å²) in [5, 5.41) is 0.0546. The van der Waals surface area contributed by atoms with E-state index >= 15 is 0 Å². The van der Waals surface area contributed by atoms with Crippen molar-refractivity contribution in [3.63, 3.8) is 0 Å². The predicted octanol–water partition coefficient (Wildman–Crippen LogP) is 5.41. The minimum atomic E-state index is -0.613. The maximum absolute atomic E-state index is 14.5. The highest BCUT2D eigenvalue weighted by Gasteiger charge is 2.34. The molecule has 0 bridgehead atoms. The molecule has 0 unspecified atom stereocenters. The number of amides is 1. The first-order chi connectivity index (χ1) is 14.9. The molecule has 8 heteroatoms. The molecule has 0 aliphatic carbocycles.